The second-order valence-electron chi connectivity index (χ2n) is 27.5. The van der Waals surface area contributed by atoms with Gasteiger partial charge in [-0.1, -0.05) is 70.7 Å². The molecule has 12 aromatic rings. The highest BCUT2D eigenvalue weighted by Crippen LogP contribution is 2.37. The van der Waals surface area contributed by atoms with Gasteiger partial charge in [-0.05, 0) is 209 Å². The van der Waals surface area contributed by atoms with Crippen LogP contribution in [0.15, 0.2) is 151 Å². The van der Waals surface area contributed by atoms with E-state index in [1.165, 1.54) is 66.7 Å². The molecule has 8 heterocycles. The number of hydrogen-bond acceptors (Lipinski definition) is 16. The molecule has 8 aromatic heterocycles. The number of nitrogens with one attached hydrogen (secondary N) is 8. The molecule has 0 unspecified atom stereocenters. The summed E-state index contributed by atoms with van der Waals surface area (Å²) in [6, 6.07) is 28.9. The molecule has 0 bridgehead atoms. The molecule has 4 aromatic carbocycles. The Hall–Kier alpha value is -12.9. The Kier molecular flexibility index (Phi) is 30.6. The molecule has 0 saturated carbocycles. The summed E-state index contributed by atoms with van der Waals surface area (Å²) in [5.41, 5.74) is 2.65. The topological polar surface area (TPSA) is 356 Å². The third-order valence-electron chi connectivity index (χ3n) is 17.4. The van der Waals surface area contributed by atoms with Gasteiger partial charge in [-0.25, -0.2) is 38.7 Å². The normalized spacial score (nSPS) is 11.2. The first-order chi connectivity index (χ1) is 58.2. The summed E-state index contributed by atoms with van der Waals surface area (Å²) >= 11 is 27.7. The average molecular weight is 1860 g/mol. The fourth-order valence-electron chi connectivity index (χ4n) is 12.2. The van der Waals surface area contributed by atoms with E-state index in [9.17, 15) is 77.9 Å². The lowest BCUT2D eigenvalue weighted by atomic mass is 10.0. The van der Waals surface area contributed by atoms with Crippen LogP contribution >= 0.6 is 62.3 Å². The minimum Gasteiger partial charge on any atom is -0.355 e. The molecule has 42 heteroatoms. The molecule has 124 heavy (non-hydrogen) atoms. The molecule has 0 aliphatic rings. The summed E-state index contributed by atoms with van der Waals surface area (Å²) in [4.78, 5) is 118. The van der Waals surface area contributed by atoms with Crippen molar-refractivity contribution >= 4 is 132 Å². The smallest absolute Gasteiger partial charge is 0.355 e. The second-order valence-corrected chi connectivity index (χ2v) is 29.9. The van der Waals surface area contributed by atoms with Crippen molar-refractivity contribution in [2.45, 2.75) is 101 Å². The van der Waals surface area contributed by atoms with Crippen molar-refractivity contribution in [1.82, 2.24) is 80.3 Å². The Labute approximate surface area is 729 Å². The lowest BCUT2D eigenvalue weighted by Gasteiger charge is -2.17. The lowest BCUT2D eigenvalue weighted by Crippen LogP contribution is -2.31. The number of nitrogens with zero attached hydrogens (tertiary/aromatic N) is 12. The number of alkyl halides is 9. The molecule has 0 radical (unpaired) electrons. The van der Waals surface area contributed by atoms with Crippen LogP contribution in [0.1, 0.15) is 166 Å². The summed E-state index contributed by atoms with van der Waals surface area (Å²) < 4.78 is 124. The van der Waals surface area contributed by atoms with Crippen LogP contribution in [0.2, 0.25) is 20.1 Å². The van der Waals surface area contributed by atoms with E-state index >= 15 is 0 Å². The largest absolute Gasteiger partial charge is 0.435 e. The van der Waals surface area contributed by atoms with E-state index in [4.69, 9.17) is 46.4 Å². The molecule has 8 N–H and O–H groups in total. The van der Waals surface area contributed by atoms with Gasteiger partial charge in [0.1, 0.15) is 27.4 Å². The molecule has 0 fully saturated rings. The Balaban J connectivity index is 0.000000188. The number of benzene rings is 4. The van der Waals surface area contributed by atoms with Gasteiger partial charge < -0.3 is 42.5 Å². The fourth-order valence-corrected chi connectivity index (χ4v) is 13.3. The van der Waals surface area contributed by atoms with Crippen molar-refractivity contribution in [2.24, 2.45) is 0 Å². The molecular weight excluding hydrogens is 1790 g/mol. The van der Waals surface area contributed by atoms with Crippen LogP contribution in [-0.2, 0) is 18.5 Å². The van der Waals surface area contributed by atoms with Gasteiger partial charge in [0, 0.05) is 75.7 Å². The highest BCUT2D eigenvalue weighted by atomic mass is 79.9. The number of carbonyl (C=O) groups is 8. The highest BCUT2D eigenvalue weighted by molar-refractivity contribution is 9.10. The molecule has 8 amide bonds. The van der Waals surface area contributed by atoms with Gasteiger partial charge in [0.15, 0.2) is 40.4 Å². The summed E-state index contributed by atoms with van der Waals surface area (Å²) in [7, 11) is 2.97. The van der Waals surface area contributed by atoms with Crippen molar-refractivity contribution in [3.63, 3.8) is 0 Å². The number of hydrogen-bond donors (Lipinski definition) is 8. The van der Waals surface area contributed by atoms with E-state index in [0.29, 0.717) is 68.1 Å². The van der Waals surface area contributed by atoms with Crippen molar-refractivity contribution in [3.05, 3.63) is 277 Å². The molecule has 0 aliphatic carbocycles. The summed E-state index contributed by atoms with van der Waals surface area (Å²) in [5.74, 6) is -4.88. The van der Waals surface area contributed by atoms with Gasteiger partial charge in [-0.3, -0.25) is 38.4 Å². The number of aromatic nitrogens is 12. The quantitative estimate of drug-likeness (QED) is 0.0370. The molecule has 28 nitrogen and oxygen atoms in total. The van der Waals surface area contributed by atoms with Gasteiger partial charge in [-0.15, -0.1) is 0 Å². The summed E-state index contributed by atoms with van der Waals surface area (Å²) in [5, 5.41) is 36.1. The maximum absolute atomic E-state index is 13.4. The van der Waals surface area contributed by atoms with E-state index in [-0.39, 0.29) is 83.9 Å². The third-order valence-corrected chi connectivity index (χ3v) is 19.0. The number of pyridine rings is 4. The predicted octanol–water partition coefficient (Wildman–Crippen LogP) is 17.6. The average Bonchev–Trinajstić information content (AvgIpc) is 1.60. The first-order valence-corrected chi connectivity index (χ1v) is 39.0. The van der Waals surface area contributed by atoms with Crippen molar-refractivity contribution in [2.75, 3.05) is 41.9 Å². The number of anilines is 4. The SMILES string of the molecule is CCNC(=O)c1cc(C)cc(C)c1NC(=O)c1cc(C(F)(F)F)nn1-c1ncccc1Cl.CNC(=O)c1cc(C)cc(C)c1NC(=O)c1cc(Br)nn1-c1ncccc1Cl.CNC(=O)c1cc(C)cc(C)c1NC(=O)c1cc(C(F)(F)F)nn1-c1ncccc1Cl.Cc1cc(C)c(NC(=O)c2cc(C(F)(F)F)nn2-c2ncccc2Cl)c(C(=O)NC(C)C)c1. The number of aryl methyl sites for hydroxylation is 8. The standard InChI is InChI=1S/C22H21ClF3N5O2.C21H19ClF3N5O2.C20H17ClF3N5O2.C19H17BrClN5O2/c1-11(2)28-20(32)14-9-12(3)8-13(4)18(14)29-21(33)16-10-17(22(24,25)26)30-31(16)19-15(23)6-5-7-27-19;1-4-26-19(31)13-9-11(2)8-12(3)17(13)28-20(32)15-10-16(21(23,24)25)29-30(15)18-14(22)6-5-7-27-18;1-10-7-11(2)16(12(8-10)18(30)25-3)27-19(31)14-9-15(20(22,23)24)28-29(14)17-13(21)5-4-6-26-17;1-10-7-11(2)16(12(8-10)18(27)22-3)24-19(28)14-9-15(20)25-26(14)17-13(21)5-4-6-23-17/h5-11H,1-4H3,(H,28,32)(H,29,33);5-10H,4H2,1-3H3,(H,26,31)(H,28,32);4-9H,1-3H3,(H,25,30)(H,27,31);4-9H,1-3H3,(H,22,27)(H,24,28). The molecular formula is C82H74BrCl4F9N20O8. The minimum atomic E-state index is -4.80. The molecule has 0 saturated heterocycles. The number of carbonyl (C=O) groups excluding carboxylic acids is 8. The van der Waals surface area contributed by atoms with Gasteiger partial charge in [0.2, 0.25) is 0 Å². The van der Waals surface area contributed by atoms with Crippen LogP contribution in [-0.4, -0.2) is 133 Å². The first-order valence-electron chi connectivity index (χ1n) is 36.7. The van der Waals surface area contributed by atoms with Crippen molar-refractivity contribution < 1.29 is 77.9 Å². The van der Waals surface area contributed by atoms with Gasteiger partial charge in [0.05, 0.1) is 65.1 Å². The predicted molar refractivity (Wildman–Crippen MR) is 451 cm³/mol. The van der Waals surface area contributed by atoms with Crippen molar-refractivity contribution in [1.29, 1.82) is 0 Å². The third kappa shape index (κ3) is 22.9. The molecule has 0 atom stereocenters. The van der Waals surface area contributed by atoms with E-state index in [1.807, 2.05) is 19.9 Å². The Morgan fingerprint density at radius 2 is 0.621 bits per heavy atom. The van der Waals surface area contributed by atoms with Crippen LogP contribution in [0.25, 0.3) is 23.3 Å². The van der Waals surface area contributed by atoms with Crippen molar-refractivity contribution in [3.8, 4) is 23.3 Å². The van der Waals surface area contributed by atoms with Crippen LogP contribution in [0, 0.1) is 55.4 Å². The summed E-state index contributed by atoms with van der Waals surface area (Å²) in [6.45, 7) is 19.8. The maximum Gasteiger partial charge on any atom is 0.435 e. The maximum atomic E-state index is 13.4. The number of amides is 8. The second kappa shape index (κ2) is 40.0. The van der Waals surface area contributed by atoms with Crippen LogP contribution in [0.4, 0.5) is 62.3 Å². The zero-order valence-corrected chi connectivity index (χ0v) is 72.2. The van der Waals surface area contributed by atoms with E-state index < -0.39 is 94.0 Å². The number of halogens is 14. The van der Waals surface area contributed by atoms with Gasteiger partial charge in [0.25, 0.3) is 47.3 Å². The fraction of sp³-hybridized carbons (Fsp3) is 0.220. The molecule has 0 aliphatic heterocycles. The van der Waals surface area contributed by atoms with Gasteiger partial charge >= 0.3 is 18.5 Å². The Bertz CT molecular complexity index is 6130. The monoisotopic (exact) mass is 1860 g/mol. The van der Waals surface area contributed by atoms with Crippen LogP contribution < -0.4 is 42.5 Å². The van der Waals surface area contributed by atoms with Crippen LogP contribution in [0.5, 0.6) is 0 Å². The van der Waals surface area contributed by atoms with Gasteiger partial charge in [-0.2, -0.15) is 59.9 Å². The molecule has 0 spiro atoms. The van der Waals surface area contributed by atoms with Crippen LogP contribution in [0.3, 0.4) is 0 Å². The first kappa shape index (κ1) is 94.9. The molecule has 648 valence electrons. The molecule has 12 rings (SSSR count). The minimum absolute atomic E-state index is 0.00550. The number of rotatable bonds is 18. The van der Waals surface area contributed by atoms with E-state index in [2.05, 4.69) is 98.8 Å². The Morgan fingerprint density at radius 1 is 0.371 bits per heavy atom. The highest BCUT2D eigenvalue weighted by Gasteiger charge is 2.40. The zero-order valence-electron chi connectivity index (χ0n) is 67.6. The lowest BCUT2D eigenvalue weighted by molar-refractivity contribution is -0.142. The summed E-state index contributed by atoms with van der Waals surface area (Å²) in [6.07, 6.45) is -8.89. The Morgan fingerprint density at radius 3 is 0.863 bits per heavy atom. The van der Waals surface area contributed by atoms with E-state index in [0.717, 1.165) is 41.9 Å². The van der Waals surface area contributed by atoms with E-state index in [1.54, 1.807) is 136 Å². The zero-order chi connectivity index (χ0) is 91.5.